The van der Waals surface area contributed by atoms with Crippen LogP contribution in [0.15, 0.2) is 40.1 Å². The molecule has 3 rings (SSSR count). The quantitative estimate of drug-likeness (QED) is 0.724. The maximum Gasteiger partial charge on any atom is 0.258 e. The average Bonchev–Trinajstić information content (AvgIpc) is 3.23. The van der Waals surface area contributed by atoms with Gasteiger partial charge in [0.1, 0.15) is 17.2 Å². The van der Waals surface area contributed by atoms with E-state index in [0.29, 0.717) is 18.1 Å². The van der Waals surface area contributed by atoms with Crippen molar-refractivity contribution >= 4 is 17.2 Å². The highest BCUT2D eigenvalue weighted by molar-refractivity contribution is 7.09. The fraction of sp³-hybridized carbons (Fsp3) is 0.263. The Balaban J connectivity index is 1.51. The highest BCUT2D eigenvalue weighted by Gasteiger charge is 2.10. The highest BCUT2D eigenvalue weighted by Crippen LogP contribution is 2.24. The number of nitrogens with one attached hydrogen (secondary N) is 1. The molecule has 0 aliphatic rings. The van der Waals surface area contributed by atoms with E-state index >= 15 is 0 Å². The van der Waals surface area contributed by atoms with Crippen LogP contribution >= 0.6 is 11.3 Å². The second-order valence-corrected chi connectivity index (χ2v) is 6.84. The minimum absolute atomic E-state index is 0.0247. The van der Waals surface area contributed by atoms with E-state index in [4.69, 9.17) is 9.15 Å². The Labute approximate surface area is 150 Å². The Morgan fingerprint density at radius 3 is 2.84 bits per heavy atom. The summed E-state index contributed by atoms with van der Waals surface area (Å²) in [6, 6.07) is 9.50. The van der Waals surface area contributed by atoms with Crippen molar-refractivity contribution in [1.29, 1.82) is 0 Å². The Morgan fingerprint density at radius 2 is 2.08 bits per heavy atom. The van der Waals surface area contributed by atoms with Gasteiger partial charge in [-0.1, -0.05) is 12.1 Å². The number of carbonyl (C=O) groups is 1. The van der Waals surface area contributed by atoms with E-state index in [1.807, 2.05) is 56.5 Å². The number of benzene rings is 1. The van der Waals surface area contributed by atoms with Crippen molar-refractivity contribution in [3.8, 4) is 17.2 Å². The lowest BCUT2D eigenvalue weighted by atomic mass is 10.1. The minimum Gasteiger partial charge on any atom is -0.483 e. The van der Waals surface area contributed by atoms with Crippen molar-refractivity contribution in [3.05, 3.63) is 57.6 Å². The largest absolute Gasteiger partial charge is 0.483 e. The number of rotatable bonds is 6. The minimum atomic E-state index is -0.191. The standard InChI is InChI=1S/C19H20N2O3S/c1-12-5-4-6-17(13(12)2)23-10-19(22)20-9-15-7-8-18(24-15)16-11-25-14(3)21-16/h4-8,11H,9-10H2,1-3H3,(H,20,22). The molecule has 0 spiro atoms. The molecule has 0 aliphatic heterocycles. The number of ether oxygens (including phenoxy) is 1. The second-order valence-electron chi connectivity index (χ2n) is 5.78. The Morgan fingerprint density at radius 1 is 1.24 bits per heavy atom. The van der Waals surface area contributed by atoms with Gasteiger partial charge in [-0.15, -0.1) is 11.3 Å². The van der Waals surface area contributed by atoms with Crippen LogP contribution in [0.4, 0.5) is 0 Å². The fourth-order valence-corrected chi connectivity index (χ4v) is 2.95. The van der Waals surface area contributed by atoms with Gasteiger partial charge >= 0.3 is 0 Å². The molecule has 3 aromatic rings. The van der Waals surface area contributed by atoms with Crippen LogP contribution in [0.25, 0.3) is 11.5 Å². The van der Waals surface area contributed by atoms with Crippen molar-refractivity contribution in [1.82, 2.24) is 10.3 Å². The van der Waals surface area contributed by atoms with Crippen molar-refractivity contribution in [2.24, 2.45) is 0 Å². The lowest BCUT2D eigenvalue weighted by Crippen LogP contribution is -2.28. The van der Waals surface area contributed by atoms with Crippen molar-refractivity contribution in [2.75, 3.05) is 6.61 Å². The number of aromatic nitrogens is 1. The van der Waals surface area contributed by atoms with E-state index in [-0.39, 0.29) is 12.5 Å². The van der Waals surface area contributed by atoms with Gasteiger partial charge in [0.25, 0.3) is 5.91 Å². The molecule has 0 atom stereocenters. The molecule has 1 amide bonds. The topological polar surface area (TPSA) is 64.4 Å². The van der Waals surface area contributed by atoms with Crippen LogP contribution in [0.2, 0.25) is 0 Å². The van der Waals surface area contributed by atoms with E-state index in [9.17, 15) is 4.79 Å². The maximum atomic E-state index is 12.0. The number of hydrogen-bond acceptors (Lipinski definition) is 5. The summed E-state index contributed by atoms with van der Waals surface area (Å²) in [7, 11) is 0. The predicted octanol–water partition coefficient (Wildman–Crippen LogP) is 4.02. The Hall–Kier alpha value is -2.60. The summed E-state index contributed by atoms with van der Waals surface area (Å²) in [6.07, 6.45) is 0. The first kappa shape index (κ1) is 17.2. The van der Waals surface area contributed by atoms with Gasteiger partial charge in [-0.25, -0.2) is 4.98 Å². The summed E-state index contributed by atoms with van der Waals surface area (Å²) in [5, 5.41) is 5.74. The molecule has 1 aromatic carbocycles. The van der Waals surface area contributed by atoms with E-state index in [1.165, 1.54) is 0 Å². The predicted molar refractivity (Wildman–Crippen MR) is 97.8 cm³/mol. The van der Waals surface area contributed by atoms with Gasteiger partial charge in [0.15, 0.2) is 12.4 Å². The fourth-order valence-electron chi connectivity index (χ4n) is 2.35. The monoisotopic (exact) mass is 356 g/mol. The number of aryl methyl sites for hydroxylation is 2. The summed E-state index contributed by atoms with van der Waals surface area (Å²) in [4.78, 5) is 16.4. The number of hydrogen-bond donors (Lipinski definition) is 1. The summed E-state index contributed by atoms with van der Waals surface area (Å²) in [5.74, 6) is 1.93. The highest BCUT2D eigenvalue weighted by atomic mass is 32.1. The van der Waals surface area contributed by atoms with Crippen LogP contribution in [0.3, 0.4) is 0 Å². The van der Waals surface area contributed by atoms with Gasteiger partial charge in [0.2, 0.25) is 0 Å². The zero-order valence-electron chi connectivity index (χ0n) is 14.5. The zero-order valence-corrected chi connectivity index (χ0v) is 15.3. The Kier molecular flexibility index (Phi) is 5.19. The van der Waals surface area contributed by atoms with Crippen LogP contribution in [0.1, 0.15) is 21.9 Å². The third kappa shape index (κ3) is 4.28. The van der Waals surface area contributed by atoms with Crippen LogP contribution in [-0.2, 0) is 11.3 Å². The first-order valence-electron chi connectivity index (χ1n) is 8.00. The molecule has 6 heteroatoms. The van der Waals surface area contributed by atoms with Gasteiger partial charge in [-0.05, 0) is 50.1 Å². The van der Waals surface area contributed by atoms with Gasteiger partial charge in [0.05, 0.1) is 11.6 Å². The first-order valence-corrected chi connectivity index (χ1v) is 8.88. The SMILES string of the molecule is Cc1nc(-c2ccc(CNC(=O)COc3cccc(C)c3C)o2)cs1. The molecule has 0 bridgehead atoms. The number of thiazole rings is 1. The van der Waals surface area contributed by atoms with E-state index in [1.54, 1.807) is 11.3 Å². The molecule has 0 radical (unpaired) electrons. The van der Waals surface area contributed by atoms with E-state index in [2.05, 4.69) is 10.3 Å². The lowest BCUT2D eigenvalue weighted by molar-refractivity contribution is -0.123. The van der Waals surface area contributed by atoms with Crippen LogP contribution in [-0.4, -0.2) is 17.5 Å². The summed E-state index contributed by atoms with van der Waals surface area (Å²) < 4.78 is 11.3. The summed E-state index contributed by atoms with van der Waals surface area (Å²) in [5.41, 5.74) is 3.00. The first-order chi connectivity index (χ1) is 12.0. The lowest BCUT2D eigenvalue weighted by Gasteiger charge is -2.10. The molecule has 0 fully saturated rings. The number of furan rings is 1. The number of carbonyl (C=O) groups excluding carboxylic acids is 1. The molecule has 0 saturated carbocycles. The van der Waals surface area contributed by atoms with Crippen molar-refractivity contribution < 1.29 is 13.9 Å². The van der Waals surface area contributed by atoms with Gasteiger partial charge < -0.3 is 14.5 Å². The normalized spacial score (nSPS) is 10.7. The van der Waals surface area contributed by atoms with Crippen molar-refractivity contribution in [2.45, 2.75) is 27.3 Å². The van der Waals surface area contributed by atoms with Crippen LogP contribution < -0.4 is 10.1 Å². The van der Waals surface area contributed by atoms with E-state index in [0.717, 1.165) is 27.6 Å². The second kappa shape index (κ2) is 7.53. The maximum absolute atomic E-state index is 12.0. The number of amides is 1. The molecule has 0 saturated heterocycles. The smallest absolute Gasteiger partial charge is 0.258 e. The van der Waals surface area contributed by atoms with Crippen LogP contribution in [0.5, 0.6) is 5.75 Å². The van der Waals surface area contributed by atoms with Gasteiger partial charge in [-0.2, -0.15) is 0 Å². The zero-order chi connectivity index (χ0) is 17.8. The summed E-state index contributed by atoms with van der Waals surface area (Å²) >= 11 is 1.58. The van der Waals surface area contributed by atoms with E-state index < -0.39 is 0 Å². The molecule has 1 N–H and O–H groups in total. The van der Waals surface area contributed by atoms with Gasteiger partial charge in [-0.3, -0.25) is 4.79 Å². The molecule has 0 aliphatic carbocycles. The molecule has 0 unspecified atom stereocenters. The molecular weight excluding hydrogens is 336 g/mol. The molecular formula is C19H20N2O3S. The average molecular weight is 356 g/mol. The molecule has 5 nitrogen and oxygen atoms in total. The summed E-state index contributed by atoms with van der Waals surface area (Å²) in [6.45, 7) is 6.24. The third-order valence-electron chi connectivity index (χ3n) is 3.91. The third-order valence-corrected chi connectivity index (χ3v) is 4.68. The van der Waals surface area contributed by atoms with Crippen LogP contribution in [0, 0.1) is 20.8 Å². The Bertz CT molecular complexity index is 882. The molecule has 25 heavy (non-hydrogen) atoms. The molecule has 130 valence electrons. The van der Waals surface area contributed by atoms with Gasteiger partial charge in [0, 0.05) is 5.38 Å². The molecule has 2 aromatic heterocycles. The molecule has 2 heterocycles. The number of nitrogens with zero attached hydrogens (tertiary/aromatic N) is 1. The van der Waals surface area contributed by atoms with Crippen molar-refractivity contribution in [3.63, 3.8) is 0 Å².